The second kappa shape index (κ2) is 5.85. The van der Waals surface area contributed by atoms with Crippen LogP contribution in [0.1, 0.15) is 12.5 Å². The van der Waals surface area contributed by atoms with Crippen LogP contribution in [0, 0.1) is 11.3 Å². The maximum Gasteiger partial charge on any atom is 0.171 e. The van der Waals surface area contributed by atoms with E-state index in [1.54, 1.807) is 30.8 Å². The molecule has 0 aliphatic carbocycles. The molecule has 19 heavy (non-hydrogen) atoms. The van der Waals surface area contributed by atoms with Crippen LogP contribution in [0.25, 0.3) is 0 Å². The topological polar surface area (TPSA) is 61.2 Å². The van der Waals surface area contributed by atoms with E-state index in [0.29, 0.717) is 11.3 Å². The van der Waals surface area contributed by atoms with Gasteiger partial charge in [-0.2, -0.15) is 17.0 Å². The Bertz CT molecular complexity index is 576. The Balaban J connectivity index is 2.31. The highest BCUT2D eigenvalue weighted by Gasteiger charge is 2.32. The number of rotatable bonds is 3. The maximum absolute atomic E-state index is 12.2. The Morgan fingerprint density at radius 1 is 1.42 bits per heavy atom. The largest absolute Gasteiger partial charge is 0.353 e. The summed E-state index contributed by atoms with van der Waals surface area (Å²) in [5, 5.41) is 8.34. The van der Waals surface area contributed by atoms with Crippen LogP contribution in [0.3, 0.4) is 0 Å². The molecule has 1 atom stereocenters. The van der Waals surface area contributed by atoms with Crippen molar-refractivity contribution < 1.29 is 8.42 Å². The minimum atomic E-state index is -3.09. The molecule has 0 aromatic heterocycles. The van der Waals surface area contributed by atoms with Gasteiger partial charge in [0.1, 0.15) is 5.37 Å². The molecule has 0 saturated carbocycles. The summed E-state index contributed by atoms with van der Waals surface area (Å²) in [4.78, 5) is 1.94. The van der Waals surface area contributed by atoms with Gasteiger partial charge in [-0.15, -0.1) is 0 Å². The van der Waals surface area contributed by atoms with Crippen molar-refractivity contribution in [2.75, 3.05) is 28.7 Å². The molecule has 6 heteroatoms. The smallest absolute Gasteiger partial charge is 0.171 e. The third-order valence-electron chi connectivity index (χ3n) is 3.23. The molecule has 1 aromatic carbocycles. The van der Waals surface area contributed by atoms with Crippen LogP contribution in [0.2, 0.25) is 0 Å². The summed E-state index contributed by atoms with van der Waals surface area (Å²) in [6.45, 7) is 2.41. The van der Waals surface area contributed by atoms with Gasteiger partial charge in [-0.25, -0.2) is 8.42 Å². The highest BCUT2D eigenvalue weighted by atomic mass is 32.2. The van der Waals surface area contributed by atoms with Crippen LogP contribution in [0.15, 0.2) is 24.3 Å². The predicted octanol–water partition coefficient (Wildman–Crippen LogP) is 1.87. The molecule has 1 fully saturated rings. The van der Waals surface area contributed by atoms with E-state index in [9.17, 15) is 8.42 Å². The third-order valence-corrected chi connectivity index (χ3v) is 6.52. The molecular formula is C13H16N2O2S2. The summed E-state index contributed by atoms with van der Waals surface area (Å²) < 4.78 is 24.3. The first-order chi connectivity index (χ1) is 9.08. The van der Waals surface area contributed by atoms with Crippen LogP contribution in [-0.4, -0.2) is 37.6 Å². The number of benzene rings is 1. The van der Waals surface area contributed by atoms with Crippen molar-refractivity contribution in [2.24, 2.45) is 0 Å². The maximum atomic E-state index is 12.2. The van der Waals surface area contributed by atoms with Crippen molar-refractivity contribution in [2.45, 2.75) is 12.3 Å². The first-order valence-corrected chi connectivity index (χ1v) is 9.01. The van der Waals surface area contributed by atoms with E-state index < -0.39 is 15.2 Å². The number of sulfone groups is 1. The van der Waals surface area contributed by atoms with Gasteiger partial charge in [0.15, 0.2) is 9.84 Å². The van der Waals surface area contributed by atoms with Gasteiger partial charge in [0.05, 0.1) is 11.6 Å². The molecule has 1 unspecified atom stereocenters. The molecule has 0 spiro atoms. The van der Waals surface area contributed by atoms with E-state index in [2.05, 4.69) is 6.07 Å². The zero-order chi connectivity index (χ0) is 13.9. The van der Waals surface area contributed by atoms with E-state index in [0.717, 1.165) is 18.0 Å². The summed E-state index contributed by atoms with van der Waals surface area (Å²) >= 11 is 1.68. The average molecular weight is 296 g/mol. The molecule has 1 aromatic rings. The predicted molar refractivity (Wildman–Crippen MR) is 79.1 cm³/mol. The molecule has 1 saturated heterocycles. The molecule has 102 valence electrons. The van der Waals surface area contributed by atoms with Crippen molar-refractivity contribution in [3.05, 3.63) is 29.8 Å². The SMILES string of the molecule is CCS(=O)(=O)C1CSCCN1c1ccc(C#N)cc1. The fourth-order valence-electron chi connectivity index (χ4n) is 2.09. The summed E-state index contributed by atoms with van der Waals surface area (Å²) in [5.41, 5.74) is 1.46. The summed E-state index contributed by atoms with van der Waals surface area (Å²) in [6, 6.07) is 9.18. The van der Waals surface area contributed by atoms with Gasteiger partial charge in [0, 0.05) is 29.5 Å². The molecule has 0 N–H and O–H groups in total. The van der Waals surface area contributed by atoms with Gasteiger partial charge in [-0.1, -0.05) is 6.92 Å². The Morgan fingerprint density at radius 2 is 2.11 bits per heavy atom. The van der Waals surface area contributed by atoms with E-state index in [-0.39, 0.29) is 5.75 Å². The van der Waals surface area contributed by atoms with Crippen LogP contribution >= 0.6 is 11.8 Å². The van der Waals surface area contributed by atoms with Crippen LogP contribution in [-0.2, 0) is 9.84 Å². The van der Waals surface area contributed by atoms with Crippen LogP contribution in [0.5, 0.6) is 0 Å². The number of nitriles is 1. The minimum Gasteiger partial charge on any atom is -0.353 e. The first kappa shape index (κ1) is 14.2. The Kier molecular flexibility index (Phi) is 4.38. The summed E-state index contributed by atoms with van der Waals surface area (Å²) in [6.07, 6.45) is 0. The van der Waals surface area contributed by atoms with Crippen LogP contribution < -0.4 is 4.90 Å². The molecule has 1 aliphatic heterocycles. The first-order valence-electron chi connectivity index (χ1n) is 6.14. The molecule has 2 rings (SSSR count). The van der Waals surface area contributed by atoms with E-state index >= 15 is 0 Å². The van der Waals surface area contributed by atoms with E-state index in [1.807, 2.05) is 17.0 Å². The zero-order valence-electron chi connectivity index (χ0n) is 10.7. The Morgan fingerprint density at radius 3 is 2.68 bits per heavy atom. The van der Waals surface area contributed by atoms with Crippen LogP contribution in [0.4, 0.5) is 5.69 Å². The number of hydrogen-bond donors (Lipinski definition) is 0. The van der Waals surface area contributed by atoms with E-state index in [1.165, 1.54) is 0 Å². The molecule has 1 aliphatic rings. The highest BCUT2D eigenvalue weighted by Crippen LogP contribution is 2.27. The lowest BCUT2D eigenvalue weighted by Crippen LogP contribution is -2.48. The molecule has 4 nitrogen and oxygen atoms in total. The Labute approximate surface area is 118 Å². The number of thioether (sulfide) groups is 1. The van der Waals surface area contributed by atoms with Crippen molar-refractivity contribution >= 4 is 27.3 Å². The average Bonchev–Trinajstić information content (AvgIpc) is 2.47. The minimum absolute atomic E-state index is 0.158. The number of hydrogen-bond acceptors (Lipinski definition) is 5. The highest BCUT2D eigenvalue weighted by molar-refractivity contribution is 8.01. The monoisotopic (exact) mass is 296 g/mol. The number of nitrogens with zero attached hydrogens (tertiary/aromatic N) is 2. The second-order valence-electron chi connectivity index (χ2n) is 4.33. The molecule has 1 heterocycles. The third kappa shape index (κ3) is 3.04. The normalized spacial score (nSPS) is 20.0. The fraction of sp³-hybridized carbons (Fsp3) is 0.462. The fourth-order valence-corrected chi connectivity index (χ4v) is 5.09. The number of anilines is 1. The van der Waals surface area contributed by atoms with Gasteiger partial charge in [-0.05, 0) is 24.3 Å². The van der Waals surface area contributed by atoms with Gasteiger partial charge in [0.2, 0.25) is 0 Å². The summed E-state index contributed by atoms with van der Waals surface area (Å²) in [7, 11) is -3.09. The molecule has 0 amide bonds. The van der Waals surface area contributed by atoms with Gasteiger partial charge < -0.3 is 4.90 Å². The lowest BCUT2D eigenvalue weighted by molar-refractivity contribution is 0.579. The van der Waals surface area contributed by atoms with Gasteiger partial charge in [-0.3, -0.25) is 0 Å². The van der Waals surface area contributed by atoms with Crippen molar-refractivity contribution in [1.82, 2.24) is 0 Å². The summed E-state index contributed by atoms with van der Waals surface area (Å²) in [5.74, 6) is 1.69. The van der Waals surface area contributed by atoms with Crippen molar-refractivity contribution in [3.8, 4) is 6.07 Å². The van der Waals surface area contributed by atoms with Gasteiger partial charge >= 0.3 is 0 Å². The second-order valence-corrected chi connectivity index (χ2v) is 7.93. The quantitative estimate of drug-likeness (QED) is 0.852. The van der Waals surface area contributed by atoms with Gasteiger partial charge in [0.25, 0.3) is 0 Å². The van der Waals surface area contributed by atoms with Crippen molar-refractivity contribution in [3.63, 3.8) is 0 Å². The standard InChI is InChI=1S/C13H16N2O2S2/c1-2-19(16,17)13-10-18-8-7-15(13)12-5-3-11(9-14)4-6-12/h3-6,13H,2,7-8,10H2,1H3. The lowest BCUT2D eigenvalue weighted by Gasteiger charge is -2.36. The van der Waals surface area contributed by atoms with Crippen molar-refractivity contribution in [1.29, 1.82) is 5.26 Å². The molecule has 0 radical (unpaired) electrons. The van der Waals surface area contributed by atoms with E-state index in [4.69, 9.17) is 5.26 Å². The lowest BCUT2D eigenvalue weighted by atomic mass is 10.2. The molecule has 0 bridgehead atoms. The molecular weight excluding hydrogens is 280 g/mol. The Hall–Kier alpha value is -1.19. The zero-order valence-corrected chi connectivity index (χ0v) is 12.4.